The average Bonchev–Trinajstić information content (AvgIpc) is 3.46. The quantitative estimate of drug-likeness (QED) is 0.506. The number of rotatable bonds is 5. The van der Waals surface area contributed by atoms with Gasteiger partial charge in [0.25, 0.3) is 0 Å². The Bertz CT molecular complexity index is 905. The van der Waals surface area contributed by atoms with Gasteiger partial charge in [-0.25, -0.2) is 0 Å². The van der Waals surface area contributed by atoms with Crippen molar-refractivity contribution in [3.05, 3.63) is 35.9 Å². The Kier molecular flexibility index (Phi) is 6.39. The predicted octanol–water partition coefficient (Wildman–Crippen LogP) is 6.23. The van der Waals surface area contributed by atoms with Crippen LogP contribution in [0.2, 0.25) is 0 Å². The minimum atomic E-state index is -0.921. The number of likely N-dealkylation sites (tertiary alicyclic amines) is 1. The molecule has 0 bridgehead atoms. The van der Waals surface area contributed by atoms with Crippen molar-refractivity contribution in [2.24, 2.45) is 28.6 Å². The number of thioether (sulfide) groups is 1. The Morgan fingerprint density at radius 3 is 2.43 bits per heavy atom. The molecule has 6 rings (SSSR count). The van der Waals surface area contributed by atoms with E-state index >= 15 is 0 Å². The van der Waals surface area contributed by atoms with Crippen LogP contribution >= 0.6 is 11.8 Å². The lowest BCUT2D eigenvalue weighted by Crippen LogP contribution is -2.64. The largest absolute Gasteiger partial charge is 0.389 e. The molecule has 35 heavy (non-hydrogen) atoms. The fourth-order valence-electron chi connectivity index (χ4n) is 9.89. The molecule has 194 valence electrons. The number of fused-ring (bicyclic) bond motifs is 5. The molecule has 0 radical (unpaired) electrons. The Morgan fingerprint density at radius 1 is 0.886 bits per heavy atom. The third-order valence-electron chi connectivity index (χ3n) is 12.2. The van der Waals surface area contributed by atoms with Crippen LogP contribution in [0.3, 0.4) is 0 Å². The molecule has 2 N–H and O–H groups in total. The lowest BCUT2D eigenvalue weighted by molar-refractivity contribution is -0.235. The molecule has 8 atom stereocenters. The lowest BCUT2D eigenvalue weighted by Gasteiger charge is -2.64. The van der Waals surface area contributed by atoms with E-state index in [4.69, 9.17) is 0 Å². The second-order valence-corrected chi connectivity index (χ2v) is 14.7. The summed E-state index contributed by atoms with van der Waals surface area (Å²) in [5.41, 5.74) is -0.776. The molecule has 1 heterocycles. The van der Waals surface area contributed by atoms with E-state index in [2.05, 4.69) is 42.6 Å². The molecule has 1 aromatic carbocycles. The van der Waals surface area contributed by atoms with E-state index in [0.717, 1.165) is 36.0 Å². The summed E-state index contributed by atoms with van der Waals surface area (Å²) in [7, 11) is 0. The second kappa shape index (κ2) is 9.03. The third kappa shape index (κ3) is 3.71. The van der Waals surface area contributed by atoms with Crippen molar-refractivity contribution >= 4 is 11.8 Å². The van der Waals surface area contributed by atoms with Crippen molar-refractivity contribution in [2.45, 2.75) is 101 Å². The Morgan fingerprint density at radius 2 is 1.66 bits per heavy atom. The predicted molar refractivity (Wildman–Crippen MR) is 145 cm³/mol. The summed E-state index contributed by atoms with van der Waals surface area (Å²) in [6, 6.07) is 10.2. The van der Waals surface area contributed by atoms with Crippen LogP contribution in [-0.2, 0) is 5.60 Å². The summed E-state index contributed by atoms with van der Waals surface area (Å²) in [6.07, 6.45) is 12.8. The Balaban J connectivity index is 1.16. The molecule has 1 aliphatic heterocycles. The maximum Gasteiger partial charge on any atom is 0.0978 e. The van der Waals surface area contributed by atoms with Gasteiger partial charge in [-0.05, 0) is 112 Å². The number of aliphatic hydroxyl groups is 2. The van der Waals surface area contributed by atoms with Gasteiger partial charge in [-0.1, -0.05) is 44.2 Å². The van der Waals surface area contributed by atoms with E-state index in [1.807, 2.05) is 18.2 Å². The van der Waals surface area contributed by atoms with Gasteiger partial charge in [0.2, 0.25) is 0 Å². The second-order valence-electron chi connectivity index (χ2n) is 13.3. The van der Waals surface area contributed by atoms with Gasteiger partial charge in [0.05, 0.1) is 11.2 Å². The maximum absolute atomic E-state index is 12.5. The summed E-state index contributed by atoms with van der Waals surface area (Å²) in [6.45, 7) is 8.71. The SMILES string of the molecule is C[C@]12CCC(SCCN3CCCC3)CC1CC[C@@H]1[C@H]2CC[C@]2(C)C(O)(c3ccccc3)CC[C@@]12O. The van der Waals surface area contributed by atoms with Gasteiger partial charge in [0, 0.05) is 23.0 Å². The molecule has 1 aromatic rings. The van der Waals surface area contributed by atoms with Crippen molar-refractivity contribution in [1.29, 1.82) is 0 Å². The molecule has 4 aliphatic carbocycles. The number of hydrogen-bond donors (Lipinski definition) is 2. The van der Waals surface area contributed by atoms with E-state index in [1.54, 1.807) is 0 Å². The Hall–Kier alpha value is -0.550. The van der Waals surface area contributed by atoms with Gasteiger partial charge in [-0.15, -0.1) is 0 Å². The lowest BCUT2D eigenvalue weighted by atomic mass is 9.43. The summed E-state index contributed by atoms with van der Waals surface area (Å²) in [5, 5.41) is 25.4. The summed E-state index contributed by atoms with van der Waals surface area (Å²) >= 11 is 2.26. The highest BCUT2D eigenvalue weighted by molar-refractivity contribution is 7.99. The van der Waals surface area contributed by atoms with Gasteiger partial charge in [-0.2, -0.15) is 11.8 Å². The van der Waals surface area contributed by atoms with Gasteiger partial charge in [-0.3, -0.25) is 0 Å². The van der Waals surface area contributed by atoms with E-state index < -0.39 is 16.6 Å². The molecule has 0 aromatic heterocycles. The third-order valence-corrected chi connectivity index (χ3v) is 13.5. The molecule has 0 spiro atoms. The minimum Gasteiger partial charge on any atom is -0.389 e. The van der Waals surface area contributed by atoms with Gasteiger partial charge < -0.3 is 15.1 Å². The molecular formula is C31H47NO2S. The monoisotopic (exact) mass is 497 g/mol. The minimum absolute atomic E-state index is 0.333. The van der Waals surface area contributed by atoms with Crippen molar-refractivity contribution < 1.29 is 10.2 Å². The fraction of sp³-hybridized carbons (Fsp3) is 0.806. The summed E-state index contributed by atoms with van der Waals surface area (Å²) < 4.78 is 0. The highest BCUT2D eigenvalue weighted by Gasteiger charge is 2.71. The first kappa shape index (κ1) is 24.8. The van der Waals surface area contributed by atoms with Crippen LogP contribution in [0, 0.1) is 28.6 Å². The van der Waals surface area contributed by atoms with Crippen LogP contribution in [0.15, 0.2) is 30.3 Å². The zero-order valence-corrected chi connectivity index (χ0v) is 22.9. The zero-order chi connectivity index (χ0) is 24.3. The number of benzene rings is 1. The standard InChI is InChI=1S/C31H47NO2S/c1-28-14-12-25(35-21-20-32-18-6-7-19-32)22-24(28)10-11-27-26(28)13-15-29(2)30(33,16-17-31(27,29)34)23-8-4-3-5-9-23/h3-5,8-9,24-27,33-34H,6-7,10-22H2,1-2H3/t24?,25?,26-,27-,28+,29-,30?,31-/m1/s1. The van der Waals surface area contributed by atoms with Crippen molar-refractivity contribution in [3.63, 3.8) is 0 Å². The van der Waals surface area contributed by atoms with Crippen molar-refractivity contribution in [3.8, 4) is 0 Å². The van der Waals surface area contributed by atoms with Gasteiger partial charge in [0.15, 0.2) is 0 Å². The highest BCUT2D eigenvalue weighted by atomic mass is 32.2. The van der Waals surface area contributed by atoms with Crippen LogP contribution in [0.25, 0.3) is 0 Å². The molecule has 3 unspecified atom stereocenters. The summed E-state index contributed by atoms with van der Waals surface area (Å²) in [4.78, 5) is 2.66. The Labute approximate surface area is 217 Å². The van der Waals surface area contributed by atoms with Gasteiger partial charge >= 0.3 is 0 Å². The highest BCUT2D eigenvalue weighted by Crippen LogP contribution is 2.71. The van der Waals surface area contributed by atoms with Crippen molar-refractivity contribution in [2.75, 3.05) is 25.4 Å². The molecule has 4 saturated carbocycles. The van der Waals surface area contributed by atoms with Gasteiger partial charge in [0.1, 0.15) is 0 Å². The van der Waals surface area contributed by atoms with E-state index in [9.17, 15) is 10.2 Å². The van der Waals surface area contributed by atoms with Crippen LogP contribution < -0.4 is 0 Å². The van der Waals surface area contributed by atoms with Crippen LogP contribution in [0.4, 0.5) is 0 Å². The molecule has 3 nitrogen and oxygen atoms in total. The van der Waals surface area contributed by atoms with Crippen LogP contribution in [0.1, 0.15) is 90.0 Å². The van der Waals surface area contributed by atoms with E-state index in [-0.39, 0.29) is 0 Å². The maximum atomic E-state index is 12.5. The van der Waals surface area contributed by atoms with Crippen LogP contribution in [-0.4, -0.2) is 51.4 Å². The molecule has 5 aliphatic rings. The molecule has 5 fully saturated rings. The first-order valence-electron chi connectivity index (χ1n) is 14.6. The molecule has 0 amide bonds. The van der Waals surface area contributed by atoms with Crippen molar-refractivity contribution in [1.82, 2.24) is 4.90 Å². The topological polar surface area (TPSA) is 43.7 Å². The number of hydrogen-bond acceptors (Lipinski definition) is 4. The normalized spacial score (nSPS) is 47.8. The first-order valence-corrected chi connectivity index (χ1v) is 15.7. The zero-order valence-electron chi connectivity index (χ0n) is 22.1. The molecular weight excluding hydrogens is 450 g/mol. The molecule has 1 saturated heterocycles. The van der Waals surface area contributed by atoms with Crippen LogP contribution in [0.5, 0.6) is 0 Å². The first-order chi connectivity index (χ1) is 16.8. The molecule has 4 heteroatoms. The van der Waals surface area contributed by atoms with E-state index in [0.29, 0.717) is 23.7 Å². The average molecular weight is 498 g/mol. The number of nitrogens with zero attached hydrogens (tertiary/aromatic N) is 1. The van der Waals surface area contributed by atoms with E-state index in [1.165, 1.54) is 70.3 Å². The smallest absolute Gasteiger partial charge is 0.0978 e. The summed E-state index contributed by atoms with van der Waals surface area (Å²) in [5.74, 6) is 3.05. The fourth-order valence-corrected chi connectivity index (χ4v) is 11.2.